The fourth-order valence-electron chi connectivity index (χ4n) is 2.57. The second kappa shape index (κ2) is 7.30. The molecule has 0 unspecified atom stereocenters. The summed E-state index contributed by atoms with van der Waals surface area (Å²) in [7, 11) is 0. The summed E-state index contributed by atoms with van der Waals surface area (Å²) < 4.78 is 5.38. The first kappa shape index (κ1) is 16.9. The van der Waals surface area contributed by atoms with Crippen molar-refractivity contribution < 1.29 is 9.53 Å². The molecule has 1 amide bonds. The van der Waals surface area contributed by atoms with E-state index in [4.69, 9.17) is 33.7 Å². The van der Waals surface area contributed by atoms with Crippen LogP contribution < -0.4 is 16.0 Å². The number of nitrogens with one attached hydrogen (secondary N) is 1. The van der Waals surface area contributed by atoms with Crippen LogP contribution in [0, 0.1) is 0 Å². The third-order valence-corrected chi connectivity index (χ3v) is 4.54. The Morgan fingerprint density at radius 1 is 1.08 bits per heavy atom. The predicted octanol–water partition coefficient (Wildman–Crippen LogP) is 3.66. The van der Waals surface area contributed by atoms with Gasteiger partial charge in [0.05, 0.1) is 34.6 Å². The molecule has 0 saturated carbocycles. The van der Waals surface area contributed by atoms with Gasteiger partial charge in [-0.15, -0.1) is 0 Å². The topological polar surface area (TPSA) is 67.6 Å². The van der Waals surface area contributed by atoms with E-state index in [2.05, 4.69) is 10.2 Å². The monoisotopic (exact) mass is 365 g/mol. The van der Waals surface area contributed by atoms with Crippen LogP contribution in [0.1, 0.15) is 10.4 Å². The number of ether oxygens (including phenoxy) is 1. The van der Waals surface area contributed by atoms with E-state index in [1.807, 2.05) is 12.1 Å². The number of nitrogen functional groups attached to an aromatic ring is 1. The minimum absolute atomic E-state index is 0.270. The van der Waals surface area contributed by atoms with Gasteiger partial charge in [-0.2, -0.15) is 0 Å². The van der Waals surface area contributed by atoms with Gasteiger partial charge in [0.15, 0.2) is 0 Å². The first-order valence-corrected chi connectivity index (χ1v) is 8.29. The number of carbonyl (C=O) groups excluding carboxylic acids is 1. The molecule has 1 fully saturated rings. The normalized spacial score (nSPS) is 14.5. The number of nitrogens with two attached hydrogens (primary N) is 1. The van der Waals surface area contributed by atoms with Gasteiger partial charge in [-0.25, -0.2) is 0 Å². The summed E-state index contributed by atoms with van der Waals surface area (Å²) in [4.78, 5) is 14.7. The van der Waals surface area contributed by atoms with Crippen LogP contribution in [0.3, 0.4) is 0 Å². The summed E-state index contributed by atoms with van der Waals surface area (Å²) in [6.07, 6.45) is 0. The maximum absolute atomic E-state index is 12.5. The molecule has 2 aromatic rings. The number of halogens is 2. The molecule has 1 heterocycles. The summed E-state index contributed by atoms with van der Waals surface area (Å²) >= 11 is 11.9. The van der Waals surface area contributed by atoms with Crippen LogP contribution in [0.15, 0.2) is 36.4 Å². The number of nitrogens with zero attached hydrogens (tertiary/aromatic N) is 1. The van der Waals surface area contributed by atoms with Crippen molar-refractivity contribution in [3.8, 4) is 0 Å². The van der Waals surface area contributed by atoms with E-state index in [9.17, 15) is 4.79 Å². The van der Waals surface area contributed by atoms with Gasteiger partial charge < -0.3 is 20.7 Å². The van der Waals surface area contributed by atoms with Gasteiger partial charge in [-0.3, -0.25) is 4.79 Å². The Kier molecular flexibility index (Phi) is 5.14. The van der Waals surface area contributed by atoms with Crippen molar-refractivity contribution in [1.82, 2.24) is 0 Å². The van der Waals surface area contributed by atoms with Crippen molar-refractivity contribution in [2.24, 2.45) is 0 Å². The van der Waals surface area contributed by atoms with E-state index in [-0.39, 0.29) is 5.91 Å². The van der Waals surface area contributed by atoms with E-state index < -0.39 is 0 Å². The van der Waals surface area contributed by atoms with Crippen molar-refractivity contribution in [2.75, 3.05) is 42.3 Å². The van der Waals surface area contributed by atoms with E-state index in [0.717, 1.165) is 18.8 Å². The molecular formula is C17H17Cl2N3O2. The lowest BCUT2D eigenvalue weighted by Crippen LogP contribution is -2.36. The molecule has 5 nitrogen and oxygen atoms in total. The summed E-state index contributed by atoms with van der Waals surface area (Å²) in [6.45, 7) is 2.84. The highest BCUT2D eigenvalue weighted by Crippen LogP contribution is 2.30. The molecule has 1 aliphatic rings. The number of anilines is 3. The molecule has 126 valence electrons. The van der Waals surface area contributed by atoms with Crippen molar-refractivity contribution in [3.63, 3.8) is 0 Å². The Morgan fingerprint density at radius 2 is 1.83 bits per heavy atom. The second-order valence-corrected chi connectivity index (χ2v) is 6.27. The number of morpholine rings is 1. The molecule has 1 aliphatic heterocycles. The average Bonchev–Trinajstić information content (AvgIpc) is 2.58. The minimum atomic E-state index is -0.270. The zero-order chi connectivity index (χ0) is 17.1. The highest BCUT2D eigenvalue weighted by molar-refractivity contribution is 6.42. The predicted molar refractivity (Wildman–Crippen MR) is 98.3 cm³/mol. The number of hydrogen-bond donors (Lipinski definition) is 2. The molecule has 0 aliphatic carbocycles. The SMILES string of the molecule is Nc1ccc(N2CCOCC2)c(NC(=O)c2ccc(Cl)c(Cl)c2)c1. The number of hydrogen-bond acceptors (Lipinski definition) is 4. The maximum Gasteiger partial charge on any atom is 0.255 e. The molecule has 1 saturated heterocycles. The second-order valence-electron chi connectivity index (χ2n) is 5.46. The zero-order valence-electron chi connectivity index (χ0n) is 12.9. The van der Waals surface area contributed by atoms with Gasteiger partial charge in [0.1, 0.15) is 0 Å². The van der Waals surface area contributed by atoms with Crippen molar-refractivity contribution in [3.05, 3.63) is 52.0 Å². The molecule has 7 heteroatoms. The van der Waals surface area contributed by atoms with Crippen LogP contribution in [0.4, 0.5) is 17.1 Å². The lowest BCUT2D eigenvalue weighted by atomic mass is 10.1. The Hall–Kier alpha value is -1.95. The van der Waals surface area contributed by atoms with E-state index in [1.165, 1.54) is 0 Å². The Bertz CT molecular complexity index is 761. The molecule has 24 heavy (non-hydrogen) atoms. The summed E-state index contributed by atoms with van der Waals surface area (Å²) in [5.41, 5.74) is 8.47. The quantitative estimate of drug-likeness (QED) is 0.814. The molecule has 0 spiro atoms. The van der Waals surface area contributed by atoms with Gasteiger partial charge in [0.25, 0.3) is 5.91 Å². The average molecular weight is 366 g/mol. The summed E-state index contributed by atoms with van der Waals surface area (Å²) in [5, 5.41) is 3.66. The smallest absolute Gasteiger partial charge is 0.255 e. The van der Waals surface area contributed by atoms with Gasteiger partial charge in [0.2, 0.25) is 0 Å². The lowest BCUT2D eigenvalue weighted by Gasteiger charge is -2.30. The van der Waals surface area contributed by atoms with Crippen molar-refractivity contribution >= 4 is 46.2 Å². The first-order chi connectivity index (χ1) is 11.5. The molecule has 3 rings (SSSR count). The molecule has 3 N–H and O–H groups in total. The first-order valence-electron chi connectivity index (χ1n) is 7.53. The maximum atomic E-state index is 12.5. The summed E-state index contributed by atoms with van der Waals surface area (Å²) in [5.74, 6) is -0.270. The van der Waals surface area contributed by atoms with Crippen molar-refractivity contribution in [2.45, 2.75) is 0 Å². The van der Waals surface area contributed by atoms with Crippen molar-refractivity contribution in [1.29, 1.82) is 0 Å². The molecule has 0 radical (unpaired) electrons. The number of amides is 1. The van der Waals surface area contributed by atoms with Crippen LogP contribution >= 0.6 is 23.2 Å². The van der Waals surface area contributed by atoms with Crippen LogP contribution in [0.5, 0.6) is 0 Å². The van der Waals surface area contributed by atoms with Crippen LogP contribution in [-0.2, 0) is 4.74 Å². The Labute approximate surface area is 150 Å². The zero-order valence-corrected chi connectivity index (χ0v) is 14.4. The fraction of sp³-hybridized carbons (Fsp3) is 0.235. The molecule has 0 aromatic heterocycles. The molecule has 0 atom stereocenters. The Morgan fingerprint density at radius 3 is 2.54 bits per heavy atom. The number of carbonyl (C=O) groups is 1. The van der Waals surface area contributed by atoms with E-state index in [1.54, 1.807) is 24.3 Å². The number of benzene rings is 2. The minimum Gasteiger partial charge on any atom is -0.399 e. The largest absolute Gasteiger partial charge is 0.399 e. The highest BCUT2D eigenvalue weighted by atomic mass is 35.5. The fourth-order valence-corrected chi connectivity index (χ4v) is 2.86. The van der Waals surface area contributed by atoms with Gasteiger partial charge in [0, 0.05) is 24.3 Å². The molecular weight excluding hydrogens is 349 g/mol. The van der Waals surface area contributed by atoms with E-state index >= 15 is 0 Å². The van der Waals surface area contributed by atoms with Gasteiger partial charge in [-0.1, -0.05) is 23.2 Å². The van der Waals surface area contributed by atoms with Crippen LogP contribution in [-0.4, -0.2) is 32.2 Å². The molecule has 0 bridgehead atoms. The molecule has 2 aromatic carbocycles. The Balaban J connectivity index is 1.86. The van der Waals surface area contributed by atoms with Crippen LogP contribution in [0.25, 0.3) is 0 Å². The van der Waals surface area contributed by atoms with E-state index in [0.29, 0.717) is 40.2 Å². The lowest BCUT2D eigenvalue weighted by molar-refractivity contribution is 0.102. The van der Waals surface area contributed by atoms with Gasteiger partial charge >= 0.3 is 0 Å². The van der Waals surface area contributed by atoms with Crippen LogP contribution in [0.2, 0.25) is 10.0 Å². The third-order valence-electron chi connectivity index (χ3n) is 3.80. The third kappa shape index (κ3) is 3.75. The summed E-state index contributed by atoms with van der Waals surface area (Å²) in [6, 6.07) is 10.2. The highest BCUT2D eigenvalue weighted by Gasteiger charge is 2.17. The standard InChI is InChI=1S/C17H17Cl2N3O2/c18-13-3-1-11(9-14(13)19)17(23)21-15-10-12(20)2-4-16(15)22-5-7-24-8-6-22/h1-4,9-10H,5-8,20H2,(H,21,23). The van der Waals surface area contributed by atoms with Gasteiger partial charge in [-0.05, 0) is 36.4 Å². The number of rotatable bonds is 3.